The van der Waals surface area contributed by atoms with Gasteiger partial charge in [-0.15, -0.1) is 11.3 Å². The van der Waals surface area contributed by atoms with E-state index in [-0.39, 0.29) is 0 Å². The monoisotopic (exact) mass is 315 g/mol. The average Bonchev–Trinajstić information content (AvgIpc) is 3.02. The normalized spacial score (nSPS) is 15.0. The molecule has 1 aliphatic heterocycles. The fourth-order valence-electron chi connectivity index (χ4n) is 2.54. The van der Waals surface area contributed by atoms with Crippen LogP contribution in [0.1, 0.15) is 36.8 Å². The van der Waals surface area contributed by atoms with Gasteiger partial charge in [0.05, 0.1) is 5.69 Å². The molecule has 0 radical (unpaired) electrons. The van der Waals surface area contributed by atoms with Crippen LogP contribution < -0.4 is 21.1 Å². The predicted octanol–water partition coefficient (Wildman–Crippen LogP) is 3.94. The highest BCUT2D eigenvalue weighted by Gasteiger charge is 2.17. The summed E-state index contributed by atoms with van der Waals surface area (Å²) in [5.74, 6) is 2.11. The van der Waals surface area contributed by atoms with Crippen LogP contribution in [0.3, 0.4) is 0 Å². The quantitative estimate of drug-likeness (QED) is 0.782. The van der Waals surface area contributed by atoms with E-state index >= 15 is 0 Å². The number of nitrogens with one attached hydrogen (secondary N) is 2. The van der Waals surface area contributed by atoms with Crippen molar-refractivity contribution in [3.8, 4) is 5.75 Å². The number of hydrogen-bond acceptors (Lipinski definition) is 5. The first-order chi connectivity index (χ1) is 10.7. The number of hydrogen-bond donors (Lipinski definition) is 3. The van der Waals surface area contributed by atoms with Crippen molar-refractivity contribution in [2.75, 3.05) is 5.32 Å². The first-order valence-electron chi connectivity index (χ1n) is 7.48. The van der Waals surface area contributed by atoms with E-state index in [1.54, 1.807) is 11.3 Å². The number of nitrogens with two attached hydrogens (primary N) is 1. The van der Waals surface area contributed by atoms with Crippen molar-refractivity contribution in [2.24, 2.45) is 5.73 Å². The van der Waals surface area contributed by atoms with Crippen LogP contribution in [0, 0.1) is 0 Å². The van der Waals surface area contributed by atoms with Crippen LogP contribution in [0.2, 0.25) is 0 Å². The Kier molecular flexibility index (Phi) is 4.36. The van der Waals surface area contributed by atoms with Gasteiger partial charge in [0.2, 0.25) is 0 Å². The van der Waals surface area contributed by atoms with Gasteiger partial charge >= 0.3 is 0 Å². The summed E-state index contributed by atoms with van der Waals surface area (Å²) in [6.45, 7) is 4.93. The third-order valence-corrected chi connectivity index (χ3v) is 4.71. The molecule has 0 saturated carbocycles. The second-order valence-electron chi connectivity index (χ2n) is 5.37. The lowest BCUT2D eigenvalue weighted by atomic mass is 10.0. The molecule has 1 aromatic heterocycles. The topological polar surface area (TPSA) is 59.3 Å². The molecule has 2 heterocycles. The molecule has 22 heavy (non-hydrogen) atoms. The SMILES string of the molecule is CCC(NCc1cccs1)c1ccc2c(c1)NC(N)=C(C)O2. The van der Waals surface area contributed by atoms with Crippen molar-refractivity contribution < 1.29 is 4.74 Å². The molecule has 1 atom stereocenters. The van der Waals surface area contributed by atoms with Crippen LogP contribution in [0.4, 0.5) is 5.69 Å². The van der Waals surface area contributed by atoms with Crippen LogP contribution in [0.5, 0.6) is 5.75 Å². The molecule has 116 valence electrons. The van der Waals surface area contributed by atoms with E-state index in [0.717, 1.165) is 24.4 Å². The van der Waals surface area contributed by atoms with Crippen LogP contribution in [0.25, 0.3) is 0 Å². The summed E-state index contributed by atoms with van der Waals surface area (Å²) >= 11 is 1.78. The number of allylic oxidation sites excluding steroid dienone is 1. The van der Waals surface area contributed by atoms with E-state index in [0.29, 0.717) is 17.6 Å². The molecular formula is C17H21N3OS. The Hall–Kier alpha value is -1.98. The molecule has 1 unspecified atom stereocenters. The number of rotatable bonds is 5. The lowest BCUT2D eigenvalue weighted by molar-refractivity contribution is 0.415. The van der Waals surface area contributed by atoms with Gasteiger partial charge in [0, 0.05) is 17.5 Å². The molecule has 4 nitrogen and oxygen atoms in total. The zero-order valence-electron chi connectivity index (χ0n) is 12.8. The molecular weight excluding hydrogens is 294 g/mol. The summed E-state index contributed by atoms with van der Waals surface area (Å²) in [4.78, 5) is 1.35. The number of fused-ring (bicyclic) bond motifs is 1. The molecule has 0 amide bonds. The Bertz CT molecular complexity index is 679. The van der Waals surface area contributed by atoms with E-state index < -0.39 is 0 Å². The number of benzene rings is 1. The number of thiophene rings is 1. The van der Waals surface area contributed by atoms with Crippen molar-refractivity contribution in [1.82, 2.24) is 5.32 Å². The molecule has 5 heteroatoms. The lowest BCUT2D eigenvalue weighted by Crippen LogP contribution is -2.22. The number of ether oxygens (including phenoxy) is 1. The molecule has 2 aromatic rings. The molecule has 1 aliphatic rings. The third-order valence-electron chi connectivity index (χ3n) is 3.83. The summed E-state index contributed by atoms with van der Waals surface area (Å²) in [6, 6.07) is 10.8. The zero-order valence-corrected chi connectivity index (χ0v) is 13.7. The Balaban J connectivity index is 1.75. The van der Waals surface area contributed by atoms with Gasteiger partial charge in [0.15, 0.2) is 5.75 Å². The van der Waals surface area contributed by atoms with Crippen LogP contribution >= 0.6 is 11.3 Å². The molecule has 0 spiro atoms. The van der Waals surface area contributed by atoms with Crippen molar-refractivity contribution in [1.29, 1.82) is 0 Å². The second kappa shape index (κ2) is 6.42. The van der Waals surface area contributed by atoms with E-state index in [1.807, 2.05) is 13.0 Å². The number of anilines is 1. The van der Waals surface area contributed by atoms with E-state index in [1.165, 1.54) is 10.4 Å². The van der Waals surface area contributed by atoms with Crippen molar-refractivity contribution >= 4 is 17.0 Å². The Labute approximate surface area is 135 Å². The van der Waals surface area contributed by atoms with Gasteiger partial charge < -0.3 is 21.1 Å². The minimum absolute atomic E-state index is 0.308. The highest BCUT2D eigenvalue weighted by Crippen LogP contribution is 2.34. The van der Waals surface area contributed by atoms with Crippen LogP contribution in [0.15, 0.2) is 47.3 Å². The van der Waals surface area contributed by atoms with E-state index in [9.17, 15) is 0 Å². The zero-order chi connectivity index (χ0) is 15.5. The van der Waals surface area contributed by atoms with Gasteiger partial charge in [-0.25, -0.2) is 0 Å². The fourth-order valence-corrected chi connectivity index (χ4v) is 3.19. The summed E-state index contributed by atoms with van der Waals surface area (Å²) in [5.41, 5.74) is 8.07. The fraction of sp³-hybridized carbons (Fsp3) is 0.294. The summed E-state index contributed by atoms with van der Waals surface area (Å²) in [5, 5.41) is 8.93. The van der Waals surface area contributed by atoms with Gasteiger partial charge in [-0.3, -0.25) is 0 Å². The largest absolute Gasteiger partial charge is 0.456 e. The molecule has 4 N–H and O–H groups in total. The summed E-state index contributed by atoms with van der Waals surface area (Å²) in [6.07, 6.45) is 1.02. The van der Waals surface area contributed by atoms with Gasteiger partial charge in [-0.1, -0.05) is 19.1 Å². The average molecular weight is 315 g/mol. The van der Waals surface area contributed by atoms with Gasteiger partial charge in [0.1, 0.15) is 11.6 Å². The van der Waals surface area contributed by atoms with Crippen LogP contribution in [-0.2, 0) is 6.54 Å². The van der Waals surface area contributed by atoms with E-state index in [4.69, 9.17) is 10.5 Å². The molecule has 3 rings (SSSR count). The van der Waals surface area contributed by atoms with Gasteiger partial charge in [-0.2, -0.15) is 0 Å². The molecule has 0 bridgehead atoms. The van der Waals surface area contributed by atoms with Crippen molar-refractivity contribution in [3.63, 3.8) is 0 Å². The summed E-state index contributed by atoms with van der Waals surface area (Å²) < 4.78 is 5.70. The van der Waals surface area contributed by atoms with Gasteiger partial charge in [0.25, 0.3) is 0 Å². The first kappa shape index (κ1) is 14.9. The smallest absolute Gasteiger partial charge is 0.150 e. The van der Waals surface area contributed by atoms with E-state index in [2.05, 4.69) is 47.2 Å². The Morgan fingerprint density at radius 3 is 2.95 bits per heavy atom. The minimum Gasteiger partial charge on any atom is -0.456 e. The summed E-state index contributed by atoms with van der Waals surface area (Å²) in [7, 11) is 0. The predicted molar refractivity (Wildman–Crippen MR) is 91.8 cm³/mol. The maximum atomic E-state index is 5.90. The molecule has 0 aliphatic carbocycles. The van der Waals surface area contributed by atoms with Crippen molar-refractivity contribution in [2.45, 2.75) is 32.9 Å². The highest BCUT2D eigenvalue weighted by atomic mass is 32.1. The lowest BCUT2D eigenvalue weighted by Gasteiger charge is -2.23. The minimum atomic E-state index is 0.308. The third kappa shape index (κ3) is 3.10. The molecule has 1 aromatic carbocycles. The molecule has 0 fully saturated rings. The molecule has 0 saturated heterocycles. The van der Waals surface area contributed by atoms with Crippen molar-refractivity contribution in [3.05, 3.63) is 57.7 Å². The Morgan fingerprint density at radius 2 is 2.23 bits per heavy atom. The second-order valence-corrected chi connectivity index (χ2v) is 6.41. The maximum Gasteiger partial charge on any atom is 0.150 e. The Morgan fingerprint density at radius 1 is 1.36 bits per heavy atom. The van der Waals surface area contributed by atoms with Crippen LogP contribution in [-0.4, -0.2) is 0 Å². The first-order valence-corrected chi connectivity index (χ1v) is 8.36. The van der Waals surface area contributed by atoms with Gasteiger partial charge in [-0.05, 0) is 42.5 Å². The standard InChI is InChI=1S/C17H21N3OS/c1-3-14(19-10-13-5-4-8-22-13)12-6-7-16-15(9-12)20-17(18)11(2)21-16/h4-9,14,19-20H,3,10,18H2,1-2H3. The highest BCUT2D eigenvalue weighted by molar-refractivity contribution is 7.09. The maximum absolute atomic E-state index is 5.90.